The second-order valence-corrected chi connectivity index (χ2v) is 4.58. The molecule has 0 aliphatic rings. The van der Waals surface area contributed by atoms with Crippen molar-refractivity contribution in [2.24, 2.45) is 0 Å². The van der Waals surface area contributed by atoms with Crippen molar-refractivity contribution >= 4 is 5.91 Å². The largest absolute Gasteiger partial charge is 0.396 e. The normalized spacial score (nSPS) is 10.7. The minimum Gasteiger partial charge on any atom is -0.396 e. The van der Waals surface area contributed by atoms with Crippen molar-refractivity contribution in [1.29, 1.82) is 0 Å². The molecule has 0 bridgehead atoms. The van der Waals surface area contributed by atoms with Crippen LogP contribution in [0.25, 0.3) is 0 Å². The Hall–Kier alpha value is -1.42. The molecule has 0 aliphatic carbocycles. The molecule has 100 valence electrons. The number of hydrogen-bond donors (Lipinski definition) is 1. The Kier molecular flexibility index (Phi) is 6.36. The first-order valence-electron chi connectivity index (χ1n) is 6.45. The van der Waals surface area contributed by atoms with Crippen molar-refractivity contribution < 1.29 is 9.90 Å². The maximum Gasteiger partial charge on any atom is 0.223 e. The summed E-state index contributed by atoms with van der Waals surface area (Å²) in [6.45, 7) is 4.73. The summed E-state index contributed by atoms with van der Waals surface area (Å²) < 4.78 is 0. The van der Waals surface area contributed by atoms with E-state index in [1.54, 1.807) is 6.20 Å². The quantitative estimate of drug-likeness (QED) is 0.800. The van der Waals surface area contributed by atoms with Crippen molar-refractivity contribution in [3.8, 4) is 0 Å². The number of hydrogen-bond acceptors (Lipinski definition) is 3. The molecular formula is C14H22N2O2. The van der Waals surface area contributed by atoms with Gasteiger partial charge >= 0.3 is 0 Å². The molecule has 1 aromatic rings. The fourth-order valence-corrected chi connectivity index (χ4v) is 1.84. The van der Waals surface area contributed by atoms with Crippen LogP contribution in [0.15, 0.2) is 24.4 Å². The van der Waals surface area contributed by atoms with Gasteiger partial charge in [0.2, 0.25) is 5.91 Å². The lowest BCUT2D eigenvalue weighted by atomic mass is 10.2. The minimum atomic E-state index is 0.122. The summed E-state index contributed by atoms with van der Waals surface area (Å²) >= 11 is 0. The van der Waals surface area contributed by atoms with E-state index in [0.717, 1.165) is 5.69 Å². The average molecular weight is 250 g/mol. The van der Waals surface area contributed by atoms with Gasteiger partial charge in [0.25, 0.3) is 0 Å². The van der Waals surface area contributed by atoms with E-state index in [1.807, 2.05) is 36.9 Å². The number of rotatable bonds is 7. The van der Waals surface area contributed by atoms with Crippen LogP contribution in [0, 0.1) is 0 Å². The van der Waals surface area contributed by atoms with Gasteiger partial charge in [-0.1, -0.05) is 6.07 Å². The summed E-state index contributed by atoms with van der Waals surface area (Å²) in [7, 11) is 0. The molecule has 0 saturated heterocycles. The molecule has 0 aliphatic heterocycles. The van der Waals surface area contributed by atoms with Gasteiger partial charge in [-0.15, -0.1) is 0 Å². The maximum atomic E-state index is 12.1. The number of carbonyl (C=O) groups excluding carboxylic acids is 1. The van der Waals surface area contributed by atoms with E-state index in [9.17, 15) is 4.79 Å². The molecule has 1 rings (SSSR count). The Bertz CT molecular complexity index is 352. The van der Waals surface area contributed by atoms with E-state index >= 15 is 0 Å². The Balaban J connectivity index is 2.46. The summed E-state index contributed by atoms with van der Waals surface area (Å²) in [5.74, 6) is 0.129. The van der Waals surface area contributed by atoms with Crippen molar-refractivity contribution in [3.05, 3.63) is 30.1 Å². The van der Waals surface area contributed by atoms with Gasteiger partial charge < -0.3 is 10.0 Å². The minimum absolute atomic E-state index is 0.122. The van der Waals surface area contributed by atoms with Crippen LogP contribution in [0.3, 0.4) is 0 Å². The maximum absolute atomic E-state index is 12.1. The van der Waals surface area contributed by atoms with Gasteiger partial charge in [-0.05, 0) is 38.8 Å². The van der Waals surface area contributed by atoms with Crippen molar-refractivity contribution in [3.63, 3.8) is 0 Å². The molecule has 0 fully saturated rings. The molecule has 1 aromatic heterocycles. The predicted molar refractivity (Wildman–Crippen MR) is 71.1 cm³/mol. The Morgan fingerprint density at radius 1 is 1.44 bits per heavy atom. The first kappa shape index (κ1) is 14.6. The smallest absolute Gasteiger partial charge is 0.223 e. The lowest BCUT2D eigenvalue weighted by molar-refractivity contribution is -0.133. The summed E-state index contributed by atoms with van der Waals surface area (Å²) in [5, 5.41) is 8.84. The van der Waals surface area contributed by atoms with E-state index in [2.05, 4.69) is 4.98 Å². The van der Waals surface area contributed by atoms with Crippen LogP contribution in [0.4, 0.5) is 0 Å². The number of pyridine rings is 1. The van der Waals surface area contributed by atoms with E-state index in [1.165, 1.54) is 0 Å². The van der Waals surface area contributed by atoms with E-state index < -0.39 is 0 Å². The van der Waals surface area contributed by atoms with Gasteiger partial charge in [-0.2, -0.15) is 0 Å². The molecular weight excluding hydrogens is 228 g/mol. The molecule has 1 heterocycles. The van der Waals surface area contributed by atoms with Gasteiger partial charge in [-0.3, -0.25) is 9.78 Å². The third-order valence-electron chi connectivity index (χ3n) is 2.82. The van der Waals surface area contributed by atoms with Crippen molar-refractivity contribution in [2.45, 2.75) is 39.2 Å². The Labute approximate surface area is 109 Å². The highest BCUT2D eigenvalue weighted by Crippen LogP contribution is 2.06. The predicted octanol–water partition coefficient (Wildman–Crippen LogP) is 1.63. The highest BCUT2D eigenvalue weighted by atomic mass is 16.3. The zero-order valence-corrected chi connectivity index (χ0v) is 11.2. The zero-order valence-electron chi connectivity index (χ0n) is 11.2. The topological polar surface area (TPSA) is 53.4 Å². The van der Waals surface area contributed by atoms with Crippen molar-refractivity contribution in [2.75, 3.05) is 13.2 Å². The highest BCUT2D eigenvalue weighted by Gasteiger charge is 2.16. The van der Waals surface area contributed by atoms with Gasteiger partial charge in [0.05, 0.1) is 0 Å². The second kappa shape index (κ2) is 7.82. The van der Waals surface area contributed by atoms with Gasteiger partial charge in [0.1, 0.15) is 0 Å². The number of aryl methyl sites for hydroxylation is 1. The van der Waals surface area contributed by atoms with Crippen LogP contribution >= 0.6 is 0 Å². The molecule has 0 atom stereocenters. The van der Waals surface area contributed by atoms with Crippen LogP contribution in [0.5, 0.6) is 0 Å². The van der Waals surface area contributed by atoms with Gasteiger partial charge in [0.15, 0.2) is 0 Å². The third-order valence-corrected chi connectivity index (χ3v) is 2.82. The first-order chi connectivity index (χ1) is 8.65. The molecule has 1 amide bonds. The number of aromatic nitrogens is 1. The van der Waals surface area contributed by atoms with Gasteiger partial charge in [-0.25, -0.2) is 0 Å². The molecule has 0 unspecified atom stereocenters. The summed E-state index contributed by atoms with van der Waals surface area (Å²) in [4.78, 5) is 18.1. The molecule has 0 saturated carbocycles. The molecule has 1 N–H and O–H groups in total. The van der Waals surface area contributed by atoms with Crippen LogP contribution in [0.2, 0.25) is 0 Å². The third kappa shape index (κ3) is 4.84. The Morgan fingerprint density at radius 2 is 2.22 bits per heavy atom. The summed E-state index contributed by atoms with van der Waals surface area (Å²) in [6, 6.07) is 5.90. The van der Waals surface area contributed by atoms with Crippen LogP contribution < -0.4 is 0 Å². The first-order valence-corrected chi connectivity index (χ1v) is 6.45. The number of amides is 1. The lowest BCUT2D eigenvalue weighted by Gasteiger charge is -2.26. The van der Waals surface area contributed by atoms with E-state index in [-0.39, 0.29) is 18.6 Å². The average Bonchev–Trinajstić information content (AvgIpc) is 2.37. The fraction of sp³-hybridized carbons (Fsp3) is 0.571. The standard InChI is InChI=1S/C14H22N2O2/c1-12(2)16(10-5-11-17)14(18)8-7-13-6-3-4-9-15-13/h3-4,6,9,12,17H,5,7-8,10-11H2,1-2H3. The molecule has 4 nitrogen and oxygen atoms in total. The number of carbonyl (C=O) groups is 1. The molecule has 0 spiro atoms. The molecule has 0 radical (unpaired) electrons. The molecule has 0 aromatic carbocycles. The SMILES string of the molecule is CC(C)N(CCCO)C(=O)CCc1ccccn1. The van der Waals surface area contributed by atoms with Crippen LogP contribution in [0.1, 0.15) is 32.4 Å². The lowest BCUT2D eigenvalue weighted by Crippen LogP contribution is -2.38. The Morgan fingerprint density at radius 3 is 2.78 bits per heavy atom. The number of nitrogens with zero attached hydrogens (tertiary/aromatic N) is 2. The molecule has 18 heavy (non-hydrogen) atoms. The van der Waals surface area contributed by atoms with Crippen LogP contribution in [-0.2, 0) is 11.2 Å². The van der Waals surface area contributed by atoms with E-state index in [4.69, 9.17) is 5.11 Å². The molecule has 4 heteroatoms. The monoisotopic (exact) mass is 250 g/mol. The number of aliphatic hydroxyl groups is 1. The summed E-state index contributed by atoms with van der Waals surface area (Å²) in [5.41, 5.74) is 0.941. The summed E-state index contributed by atoms with van der Waals surface area (Å²) in [6.07, 6.45) is 3.52. The van der Waals surface area contributed by atoms with Gasteiger partial charge in [0, 0.05) is 37.5 Å². The number of aliphatic hydroxyl groups excluding tert-OH is 1. The zero-order chi connectivity index (χ0) is 13.4. The fourth-order valence-electron chi connectivity index (χ4n) is 1.84. The van der Waals surface area contributed by atoms with Crippen molar-refractivity contribution in [1.82, 2.24) is 9.88 Å². The van der Waals surface area contributed by atoms with Crippen LogP contribution in [-0.4, -0.2) is 40.1 Å². The highest BCUT2D eigenvalue weighted by molar-refractivity contribution is 5.76. The second-order valence-electron chi connectivity index (χ2n) is 4.58. The van der Waals surface area contributed by atoms with E-state index in [0.29, 0.717) is 25.8 Å².